The Kier molecular flexibility index (Phi) is 5.18. The third kappa shape index (κ3) is 3.59. The molecule has 1 heterocycles. The molecule has 1 aliphatic heterocycles. The van der Waals surface area contributed by atoms with Gasteiger partial charge in [-0.25, -0.2) is 12.7 Å². The number of amides is 2. The Morgan fingerprint density at radius 3 is 2.46 bits per heavy atom. The normalized spacial score (nSPS) is 15.9. The lowest BCUT2D eigenvalue weighted by Gasteiger charge is -2.22. The van der Waals surface area contributed by atoms with Crippen molar-refractivity contribution in [3.05, 3.63) is 42.0 Å². The molecule has 142 valence electrons. The predicted octanol–water partition coefficient (Wildman–Crippen LogP) is 2.43. The molecule has 0 aromatic heterocycles. The second kappa shape index (κ2) is 6.75. The minimum atomic E-state index is -4.62. The van der Waals surface area contributed by atoms with Crippen LogP contribution in [0.1, 0.15) is 34.6 Å². The van der Waals surface area contributed by atoms with Gasteiger partial charge in [-0.2, -0.15) is 13.2 Å². The molecule has 0 N–H and O–H groups in total. The molecule has 26 heavy (non-hydrogen) atoms. The molecule has 0 saturated heterocycles. The third-order valence-electron chi connectivity index (χ3n) is 3.67. The van der Waals surface area contributed by atoms with Gasteiger partial charge in [-0.3, -0.25) is 9.59 Å². The van der Waals surface area contributed by atoms with Crippen molar-refractivity contribution in [1.29, 1.82) is 0 Å². The highest BCUT2D eigenvalue weighted by Gasteiger charge is 2.43. The summed E-state index contributed by atoms with van der Waals surface area (Å²) in [6, 6.07) is 2.59. The summed E-state index contributed by atoms with van der Waals surface area (Å²) >= 11 is 0. The largest absolute Gasteiger partial charge is 0.406 e. The van der Waals surface area contributed by atoms with E-state index >= 15 is 0 Å². The van der Waals surface area contributed by atoms with Crippen LogP contribution in [-0.4, -0.2) is 54.7 Å². The summed E-state index contributed by atoms with van der Waals surface area (Å²) in [6.07, 6.45) is -3.48. The van der Waals surface area contributed by atoms with Crippen molar-refractivity contribution >= 4 is 21.8 Å². The molecule has 1 aromatic carbocycles. The Bertz CT molecular complexity index is 863. The fourth-order valence-corrected chi connectivity index (χ4v) is 4.46. The van der Waals surface area contributed by atoms with Crippen LogP contribution in [0.3, 0.4) is 0 Å². The van der Waals surface area contributed by atoms with Gasteiger partial charge in [-0.15, -0.1) is 6.58 Å². The molecule has 0 unspecified atom stereocenters. The van der Waals surface area contributed by atoms with Crippen LogP contribution in [0.25, 0.3) is 0 Å². The number of hydrogen-bond donors (Lipinski definition) is 0. The molecular weight excluding hydrogens is 373 g/mol. The molecule has 0 fully saturated rings. The van der Waals surface area contributed by atoms with Crippen LogP contribution in [0, 0.1) is 0 Å². The van der Waals surface area contributed by atoms with Crippen LogP contribution in [-0.2, 0) is 10.0 Å². The molecule has 0 bridgehead atoms. The maximum Gasteiger partial charge on any atom is 0.406 e. The molecule has 0 aliphatic carbocycles. The monoisotopic (exact) mass is 390 g/mol. The van der Waals surface area contributed by atoms with E-state index in [1.165, 1.54) is 13.8 Å². The first-order valence-corrected chi connectivity index (χ1v) is 9.04. The minimum Gasteiger partial charge on any atom is -0.326 e. The highest BCUT2D eigenvalue weighted by atomic mass is 32.2. The molecular formula is C16H17F3N2O4S. The predicted molar refractivity (Wildman–Crippen MR) is 87.1 cm³/mol. The SMILES string of the molecule is C=CCN(CC(F)(F)F)C(=O)c1ccc2c(c1)S(=O)(=O)N(C(C)C)C2=O. The Morgan fingerprint density at radius 1 is 1.35 bits per heavy atom. The van der Waals surface area contributed by atoms with Gasteiger partial charge in [0, 0.05) is 18.2 Å². The van der Waals surface area contributed by atoms with Crippen molar-refractivity contribution in [3.8, 4) is 0 Å². The maximum absolute atomic E-state index is 12.7. The van der Waals surface area contributed by atoms with Gasteiger partial charge in [0.1, 0.15) is 11.4 Å². The third-order valence-corrected chi connectivity index (χ3v) is 5.67. The van der Waals surface area contributed by atoms with E-state index in [2.05, 4.69) is 6.58 Å². The Balaban J connectivity index is 2.46. The summed E-state index contributed by atoms with van der Waals surface area (Å²) in [4.78, 5) is 24.8. The topological polar surface area (TPSA) is 74.8 Å². The van der Waals surface area contributed by atoms with Crippen LogP contribution in [0.15, 0.2) is 35.7 Å². The molecule has 0 saturated carbocycles. The number of rotatable bonds is 5. The summed E-state index contributed by atoms with van der Waals surface area (Å²) in [5.74, 6) is -1.73. The van der Waals surface area contributed by atoms with Crippen LogP contribution < -0.4 is 0 Å². The lowest BCUT2D eigenvalue weighted by atomic mass is 10.1. The van der Waals surface area contributed by atoms with E-state index < -0.39 is 40.6 Å². The zero-order valence-electron chi connectivity index (χ0n) is 14.1. The van der Waals surface area contributed by atoms with E-state index in [1.54, 1.807) is 0 Å². The molecule has 6 nitrogen and oxygen atoms in total. The lowest BCUT2D eigenvalue weighted by molar-refractivity contribution is -0.139. The summed E-state index contributed by atoms with van der Waals surface area (Å²) in [5, 5.41) is 0. The zero-order valence-corrected chi connectivity index (χ0v) is 14.9. The standard InChI is InChI=1S/C16H17F3N2O4S/c1-4-7-20(9-16(17,18)19)14(22)11-5-6-12-13(8-11)26(24,25)21(10(2)3)15(12)23/h4-6,8,10H,1,7,9H2,2-3H3. The first-order chi connectivity index (χ1) is 11.9. The molecule has 1 aromatic rings. The van der Waals surface area contributed by atoms with Gasteiger partial charge >= 0.3 is 6.18 Å². The maximum atomic E-state index is 12.7. The van der Waals surface area contributed by atoms with Gasteiger partial charge < -0.3 is 4.90 Å². The number of nitrogens with zero attached hydrogens (tertiary/aromatic N) is 2. The van der Waals surface area contributed by atoms with Gasteiger partial charge in [0.05, 0.1) is 5.56 Å². The van der Waals surface area contributed by atoms with Crippen molar-refractivity contribution < 1.29 is 31.2 Å². The van der Waals surface area contributed by atoms with Gasteiger partial charge in [-0.05, 0) is 32.0 Å². The lowest BCUT2D eigenvalue weighted by Crippen LogP contribution is -2.39. The average molecular weight is 390 g/mol. The van der Waals surface area contributed by atoms with E-state index in [1.807, 2.05) is 0 Å². The summed E-state index contributed by atoms with van der Waals surface area (Å²) in [5.41, 5.74) is -0.363. The quantitative estimate of drug-likeness (QED) is 0.724. The molecule has 0 spiro atoms. The van der Waals surface area contributed by atoms with Crippen LogP contribution in [0.4, 0.5) is 13.2 Å². The molecule has 2 rings (SSSR count). The number of benzene rings is 1. The number of halogens is 3. The fourth-order valence-electron chi connectivity index (χ4n) is 2.67. The van der Waals surface area contributed by atoms with Crippen molar-refractivity contribution in [3.63, 3.8) is 0 Å². The zero-order chi connectivity index (χ0) is 19.9. The molecule has 0 atom stereocenters. The number of carbonyl (C=O) groups excluding carboxylic acids is 2. The summed E-state index contributed by atoms with van der Waals surface area (Å²) in [6.45, 7) is 4.49. The smallest absolute Gasteiger partial charge is 0.326 e. The van der Waals surface area contributed by atoms with Crippen molar-refractivity contribution in [2.75, 3.05) is 13.1 Å². The Labute approximate surface area is 148 Å². The van der Waals surface area contributed by atoms with Gasteiger partial charge in [0.25, 0.3) is 21.8 Å². The minimum absolute atomic E-state index is 0.110. The van der Waals surface area contributed by atoms with Crippen molar-refractivity contribution in [2.45, 2.75) is 31.0 Å². The first-order valence-electron chi connectivity index (χ1n) is 7.60. The fraction of sp³-hybridized carbons (Fsp3) is 0.375. The number of hydrogen-bond acceptors (Lipinski definition) is 4. The average Bonchev–Trinajstić information content (AvgIpc) is 2.71. The highest BCUT2D eigenvalue weighted by Crippen LogP contribution is 2.33. The number of fused-ring (bicyclic) bond motifs is 1. The van der Waals surface area contributed by atoms with E-state index in [0.29, 0.717) is 9.21 Å². The molecule has 1 aliphatic rings. The van der Waals surface area contributed by atoms with E-state index in [0.717, 1.165) is 24.3 Å². The van der Waals surface area contributed by atoms with Crippen LogP contribution in [0.2, 0.25) is 0 Å². The summed E-state index contributed by atoms with van der Waals surface area (Å²) in [7, 11) is -4.15. The van der Waals surface area contributed by atoms with Gasteiger partial charge in [-0.1, -0.05) is 6.08 Å². The van der Waals surface area contributed by atoms with E-state index in [9.17, 15) is 31.2 Å². The van der Waals surface area contributed by atoms with E-state index in [4.69, 9.17) is 0 Å². The molecule has 10 heteroatoms. The van der Waals surface area contributed by atoms with Crippen LogP contribution in [0.5, 0.6) is 0 Å². The molecule has 2 amide bonds. The van der Waals surface area contributed by atoms with Crippen molar-refractivity contribution in [1.82, 2.24) is 9.21 Å². The second-order valence-electron chi connectivity index (χ2n) is 6.00. The number of carbonyl (C=O) groups is 2. The first kappa shape index (κ1) is 20.0. The van der Waals surface area contributed by atoms with Gasteiger partial charge in [0.15, 0.2) is 0 Å². The molecule has 0 radical (unpaired) electrons. The Hall–Kier alpha value is -2.36. The van der Waals surface area contributed by atoms with E-state index in [-0.39, 0.29) is 22.6 Å². The highest BCUT2D eigenvalue weighted by molar-refractivity contribution is 7.90. The second-order valence-corrected chi connectivity index (χ2v) is 7.78. The Morgan fingerprint density at radius 2 is 1.96 bits per heavy atom. The number of sulfonamides is 1. The van der Waals surface area contributed by atoms with Gasteiger partial charge in [0.2, 0.25) is 0 Å². The van der Waals surface area contributed by atoms with Crippen molar-refractivity contribution in [2.24, 2.45) is 0 Å². The summed E-state index contributed by atoms with van der Waals surface area (Å²) < 4.78 is 63.7. The number of alkyl halides is 3. The van der Waals surface area contributed by atoms with Crippen LogP contribution >= 0.6 is 0 Å².